The summed E-state index contributed by atoms with van der Waals surface area (Å²) in [5, 5.41) is 5.24. The second kappa shape index (κ2) is 4.31. The van der Waals surface area contributed by atoms with Gasteiger partial charge in [0.05, 0.1) is 4.90 Å². The summed E-state index contributed by atoms with van der Waals surface area (Å²) in [4.78, 5) is 0.170. The first-order valence-electron chi connectivity index (χ1n) is 5.18. The van der Waals surface area contributed by atoms with E-state index in [-0.39, 0.29) is 4.90 Å². The number of primary sulfonamides is 1. The Morgan fingerprint density at radius 1 is 0.941 bits per heavy atom. The van der Waals surface area contributed by atoms with Crippen molar-refractivity contribution in [3.05, 3.63) is 54.1 Å². The molecule has 0 radical (unpaired) electrons. The topological polar surface area (TPSA) is 60.2 Å². The van der Waals surface area contributed by atoms with Crippen molar-refractivity contribution < 1.29 is 8.42 Å². The van der Waals surface area contributed by atoms with Gasteiger partial charge in [-0.05, 0) is 24.1 Å². The van der Waals surface area contributed by atoms with Gasteiger partial charge in [0.25, 0.3) is 0 Å². The summed E-state index contributed by atoms with van der Waals surface area (Å²) in [5.41, 5.74) is 2.42. The maximum Gasteiger partial charge on any atom is 0.238 e. The van der Waals surface area contributed by atoms with E-state index < -0.39 is 10.0 Å². The zero-order chi connectivity index (χ0) is 12.5. The van der Waals surface area contributed by atoms with E-state index >= 15 is 0 Å². The SMILES string of the molecule is Cc1cccc(S(N)(=O)=O)c1-c1ccccc1. The van der Waals surface area contributed by atoms with Gasteiger partial charge in [-0.15, -0.1) is 0 Å². The highest BCUT2D eigenvalue weighted by Gasteiger charge is 2.16. The number of benzene rings is 2. The van der Waals surface area contributed by atoms with Crippen molar-refractivity contribution in [1.29, 1.82) is 0 Å². The fourth-order valence-electron chi connectivity index (χ4n) is 1.85. The summed E-state index contributed by atoms with van der Waals surface area (Å²) < 4.78 is 23.1. The first kappa shape index (κ1) is 11.8. The lowest BCUT2D eigenvalue weighted by Gasteiger charge is -2.11. The lowest BCUT2D eigenvalue weighted by atomic mass is 10.0. The number of aryl methyl sites for hydroxylation is 1. The summed E-state index contributed by atoms with van der Waals surface area (Å²) in [7, 11) is -3.70. The first-order chi connectivity index (χ1) is 8.00. The van der Waals surface area contributed by atoms with Crippen LogP contribution in [0.15, 0.2) is 53.4 Å². The second-order valence-corrected chi connectivity index (χ2v) is 5.39. The molecular formula is C13H13NO2S. The third-order valence-electron chi connectivity index (χ3n) is 2.60. The van der Waals surface area contributed by atoms with Crippen LogP contribution in [0.3, 0.4) is 0 Å². The number of rotatable bonds is 2. The Labute approximate surface area is 101 Å². The predicted octanol–water partition coefficient (Wildman–Crippen LogP) is 2.31. The Morgan fingerprint density at radius 3 is 2.18 bits per heavy atom. The summed E-state index contributed by atoms with van der Waals surface area (Å²) in [6.07, 6.45) is 0. The predicted molar refractivity (Wildman–Crippen MR) is 68.0 cm³/mol. The molecule has 0 saturated heterocycles. The van der Waals surface area contributed by atoms with Gasteiger partial charge in [0.2, 0.25) is 10.0 Å². The third-order valence-corrected chi connectivity index (χ3v) is 3.56. The molecule has 0 aliphatic heterocycles. The van der Waals surface area contributed by atoms with E-state index in [0.717, 1.165) is 11.1 Å². The van der Waals surface area contributed by atoms with Crippen LogP contribution < -0.4 is 5.14 Å². The van der Waals surface area contributed by atoms with E-state index in [1.54, 1.807) is 6.07 Å². The van der Waals surface area contributed by atoms with Crippen LogP contribution in [0.4, 0.5) is 0 Å². The van der Waals surface area contributed by atoms with Crippen molar-refractivity contribution in [3.8, 4) is 11.1 Å². The van der Waals surface area contributed by atoms with Crippen molar-refractivity contribution in [2.75, 3.05) is 0 Å². The molecule has 2 aromatic rings. The van der Waals surface area contributed by atoms with E-state index in [1.165, 1.54) is 6.07 Å². The van der Waals surface area contributed by atoms with Crippen LogP contribution in [0.1, 0.15) is 5.56 Å². The first-order valence-corrected chi connectivity index (χ1v) is 6.72. The largest absolute Gasteiger partial charge is 0.238 e. The molecule has 0 amide bonds. The monoisotopic (exact) mass is 247 g/mol. The molecular weight excluding hydrogens is 234 g/mol. The lowest BCUT2D eigenvalue weighted by molar-refractivity contribution is 0.598. The van der Waals surface area contributed by atoms with E-state index in [1.807, 2.05) is 43.3 Å². The van der Waals surface area contributed by atoms with Gasteiger partial charge in [0, 0.05) is 5.56 Å². The molecule has 17 heavy (non-hydrogen) atoms. The Morgan fingerprint density at radius 2 is 1.59 bits per heavy atom. The van der Waals surface area contributed by atoms with Gasteiger partial charge in [0.15, 0.2) is 0 Å². The number of sulfonamides is 1. The van der Waals surface area contributed by atoms with Gasteiger partial charge in [0.1, 0.15) is 0 Å². The highest BCUT2D eigenvalue weighted by atomic mass is 32.2. The molecule has 2 N–H and O–H groups in total. The maximum absolute atomic E-state index is 11.6. The molecule has 0 atom stereocenters. The highest BCUT2D eigenvalue weighted by Crippen LogP contribution is 2.29. The number of nitrogens with two attached hydrogens (primary N) is 1. The van der Waals surface area contributed by atoms with Crippen LogP contribution in [0, 0.1) is 6.92 Å². The fourth-order valence-corrected chi connectivity index (χ4v) is 2.68. The molecule has 4 heteroatoms. The molecule has 2 rings (SSSR count). The molecule has 3 nitrogen and oxygen atoms in total. The van der Waals surface area contributed by atoms with E-state index in [4.69, 9.17) is 5.14 Å². The molecule has 0 aliphatic carbocycles. The zero-order valence-corrected chi connectivity index (χ0v) is 10.2. The standard InChI is InChI=1S/C13H13NO2S/c1-10-6-5-9-12(17(14,15)16)13(10)11-7-3-2-4-8-11/h2-9H,1H3,(H2,14,15,16). The molecule has 0 aliphatic rings. The van der Waals surface area contributed by atoms with Gasteiger partial charge in [-0.25, -0.2) is 13.6 Å². The van der Waals surface area contributed by atoms with Crippen LogP contribution in [0.2, 0.25) is 0 Å². The van der Waals surface area contributed by atoms with Gasteiger partial charge < -0.3 is 0 Å². The molecule has 2 aromatic carbocycles. The molecule has 88 valence electrons. The van der Waals surface area contributed by atoms with Gasteiger partial charge in [-0.1, -0.05) is 42.5 Å². The Bertz CT molecular complexity index is 634. The number of hydrogen-bond donors (Lipinski definition) is 1. The Hall–Kier alpha value is -1.65. The van der Waals surface area contributed by atoms with Gasteiger partial charge in [-0.2, -0.15) is 0 Å². The van der Waals surface area contributed by atoms with Crippen LogP contribution in [0.5, 0.6) is 0 Å². The second-order valence-electron chi connectivity index (χ2n) is 3.86. The molecule has 0 unspecified atom stereocenters. The lowest BCUT2D eigenvalue weighted by Crippen LogP contribution is -2.13. The summed E-state index contributed by atoms with van der Waals surface area (Å²) in [6, 6.07) is 14.5. The van der Waals surface area contributed by atoms with Crippen molar-refractivity contribution in [1.82, 2.24) is 0 Å². The van der Waals surface area contributed by atoms with Crippen LogP contribution >= 0.6 is 0 Å². The molecule has 0 saturated carbocycles. The summed E-state index contributed by atoms with van der Waals surface area (Å²) in [5.74, 6) is 0. The van der Waals surface area contributed by atoms with Crippen molar-refractivity contribution in [2.45, 2.75) is 11.8 Å². The third kappa shape index (κ3) is 2.38. The quantitative estimate of drug-likeness (QED) is 0.885. The van der Waals surface area contributed by atoms with Crippen molar-refractivity contribution >= 4 is 10.0 Å². The smallest absolute Gasteiger partial charge is 0.225 e. The Kier molecular flexibility index (Phi) is 3.00. The average Bonchev–Trinajstić information content (AvgIpc) is 2.28. The van der Waals surface area contributed by atoms with Crippen molar-refractivity contribution in [2.24, 2.45) is 5.14 Å². The highest BCUT2D eigenvalue weighted by molar-refractivity contribution is 7.89. The number of hydrogen-bond acceptors (Lipinski definition) is 2. The molecule has 0 spiro atoms. The minimum atomic E-state index is -3.70. The van der Waals surface area contributed by atoms with Crippen LogP contribution in [-0.4, -0.2) is 8.42 Å². The van der Waals surface area contributed by atoms with E-state index in [0.29, 0.717) is 5.56 Å². The van der Waals surface area contributed by atoms with Crippen LogP contribution in [-0.2, 0) is 10.0 Å². The molecule has 0 aromatic heterocycles. The van der Waals surface area contributed by atoms with E-state index in [9.17, 15) is 8.42 Å². The normalized spacial score (nSPS) is 11.4. The minimum absolute atomic E-state index is 0.170. The molecule has 0 heterocycles. The molecule has 0 bridgehead atoms. The van der Waals surface area contributed by atoms with Crippen molar-refractivity contribution in [3.63, 3.8) is 0 Å². The van der Waals surface area contributed by atoms with Gasteiger partial charge >= 0.3 is 0 Å². The van der Waals surface area contributed by atoms with Crippen LogP contribution in [0.25, 0.3) is 11.1 Å². The summed E-state index contributed by atoms with van der Waals surface area (Å²) in [6.45, 7) is 1.87. The van der Waals surface area contributed by atoms with E-state index in [2.05, 4.69) is 0 Å². The fraction of sp³-hybridized carbons (Fsp3) is 0.0769. The Balaban J connectivity index is 2.78. The van der Waals surface area contributed by atoms with Gasteiger partial charge in [-0.3, -0.25) is 0 Å². The zero-order valence-electron chi connectivity index (χ0n) is 9.42. The maximum atomic E-state index is 11.6. The summed E-state index contributed by atoms with van der Waals surface area (Å²) >= 11 is 0. The minimum Gasteiger partial charge on any atom is -0.225 e. The molecule has 0 fully saturated rings. The average molecular weight is 247 g/mol.